The van der Waals surface area contributed by atoms with Crippen LogP contribution in [0.15, 0.2) is 65.6 Å². The first-order valence-corrected chi connectivity index (χ1v) is 12.3. The number of halogens is 1. The summed E-state index contributed by atoms with van der Waals surface area (Å²) in [7, 11) is 0. The van der Waals surface area contributed by atoms with E-state index < -0.39 is 11.8 Å². The molecule has 2 aromatic carbocycles. The fourth-order valence-electron chi connectivity index (χ4n) is 3.61. The van der Waals surface area contributed by atoms with Gasteiger partial charge in [0.25, 0.3) is 5.91 Å². The number of rotatable bonds is 8. The number of nitrogens with zero attached hydrogens (tertiary/aromatic N) is 2. The second-order valence-corrected chi connectivity index (χ2v) is 9.64. The third-order valence-corrected chi connectivity index (χ3v) is 6.85. The van der Waals surface area contributed by atoms with Gasteiger partial charge < -0.3 is 16.2 Å². The molecule has 0 unspecified atom stereocenters. The van der Waals surface area contributed by atoms with Crippen LogP contribution in [0, 0.1) is 5.82 Å². The largest absolute Gasteiger partial charge is 0.478 e. The number of anilines is 1. The van der Waals surface area contributed by atoms with Crippen LogP contribution in [0.2, 0.25) is 0 Å². The molecule has 1 aliphatic heterocycles. The molecule has 0 aliphatic carbocycles. The normalized spacial score (nSPS) is 14.3. The van der Waals surface area contributed by atoms with Crippen LogP contribution in [-0.2, 0) is 16.1 Å². The first kappa shape index (κ1) is 26.1. The number of pyridine rings is 1. The number of aromatic carboxylic acids is 1. The van der Waals surface area contributed by atoms with Gasteiger partial charge in [-0.1, -0.05) is 36.1 Å². The summed E-state index contributed by atoms with van der Waals surface area (Å²) >= 11 is 6.45. The van der Waals surface area contributed by atoms with Gasteiger partial charge in [-0.25, -0.2) is 14.2 Å². The van der Waals surface area contributed by atoms with Crippen molar-refractivity contribution in [2.75, 3.05) is 11.9 Å². The van der Waals surface area contributed by atoms with E-state index in [-0.39, 0.29) is 36.9 Å². The summed E-state index contributed by atoms with van der Waals surface area (Å²) in [5, 5.41) is 11.6. The van der Waals surface area contributed by atoms with Gasteiger partial charge in [-0.15, -0.1) is 0 Å². The number of nitrogens with two attached hydrogens (primary N) is 1. The molecule has 0 atom stereocenters. The van der Waals surface area contributed by atoms with Gasteiger partial charge >= 0.3 is 5.97 Å². The first-order chi connectivity index (χ1) is 17.7. The maximum Gasteiger partial charge on any atom is 0.335 e. The van der Waals surface area contributed by atoms with Crippen LogP contribution < -0.4 is 11.1 Å². The minimum Gasteiger partial charge on any atom is -0.478 e. The van der Waals surface area contributed by atoms with Gasteiger partial charge in [0.1, 0.15) is 10.1 Å². The molecule has 0 radical (unpaired) electrons. The zero-order valence-corrected chi connectivity index (χ0v) is 20.9. The number of carbonyl (C=O) groups excluding carboxylic acids is 2. The molecular weight excluding hydrogens is 515 g/mol. The Labute approximate surface area is 221 Å². The van der Waals surface area contributed by atoms with Crippen molar-refractivity contribution in [1.29, 1.82) is 0 Å². The number of amides is 2. The number of benzene rings is 2. The lowest BCUT2D eigenvalue weighted by molar-refractivity contribution is -0.122. The Bertz CT molecular complexity index is 1430. The van der Waals surface area contributed by atoms with E-state index in [4.69, 9.17) is 23.1 Å². The second kappa shape index (κ2) is 11.4. The smallest absolute Gasteiger partial charge is 0.335 e. The van der Waals surface area contributed by atoms with Gasteiger partial charge in [0.15, 0.2) is 0 Å². The predicted molar refractivity (Wildman–Crippen MR) is 144 cm³/mol. The number of carboxylic acids is 1. The Morgan fingerprint density at radius 1 is 1.16 bits per heavy atom. The molecule has 4 rings (SSSR count). The Balaban J connectivity index is 1.42. The maximum absolute atomic E-state index is 13.8. The molecule has 3 aromatic rings. The number of hydrogen-bond acceptors (Lipinski definition) is 7. The minimum absolute atomic E-state index is 0.00439. The van der Waals surface area contributed by atoms with Crippen LogP contribution >= 0.6 is 24.0 Å². The van der Waals surface area contributed by atoms with E-state index in [1.807, 2.05) is 0 Å². The molecule has 4 N–H and O–H groups in total. The van der Waals surface area contributed by atoms with Gasteiger partial charge in [-0.2, -0.15) is 0 Å². The Kier molecular flexibility index (Phi) is 8.07. The average molecular weight is 537 g/mol. The molecule has 0 spiro atoms. The summed E-state index contributed by atoms with van der Waals surface area (Å²) in [5.41, 5.74) is 8.68. The van der Waals surface area contributed by atoms with Crippen LogP contribution in [0.1, 0.15) is 28.0 Å². The fraction of sp³-hybridized carbons (Fsp3) is 0.115. The number of nitrogens with one attached hydrogen (secondary N) is 1. The van der Waals surface area contributed by atoms with Crippen molar-refractivity contribution >= 4 is 57.8 Å². The van der Waals surface area contributed by atoms with E-state index in [0.29, 0.717) is 31.9 Å². The van der Waals surface area contributed by atoms with Crippen molar-refractivity contribution in [2.24, 2.45) is 5.73 Å². The summed E-state index contributed by atoms with van der Waals surface area (Å²) < 4.78 is 14.2. The lowest BCUT2D eigenvalue weighted by atomic mass is 10.0. The molecule has 1 aromatic heterocycles. The van der Waals surface area contributed by atoms with E-state index in [0.717, 1.165) is 17.3 Å². The Hall–Kier alpha value is -3.93. The molecule has 0 bridgehead atoms. The topological polar surface area (TPSA) is 126 Å². The van der Waals surface area contributed by atoms with Crippen molar-refractivity contribution in [1.82, 2.24) is 9.88 Å². The molecule has 8 nitrogen and oxygen atoms in total. The molecule has 1 saturated heterocycles. The highest BCUT2D eigenvalue weighted by molar-refractivity contribution is 8.26. The Morgan fingerprint density at radius 2 is 1.92 bits per heavy atom. The highest BCUT2D eigenvalue weighted by atomic mass is 32.2. The average Bonchev–Trinajstić information content (AvgIpc) is 3.14. The molecule has 37 heavy (non-hydrogen) atoms. The van der Waals surface area contributed by atoms with Gasteiger partial charge in [0, 0.05) is 30.8 Å². The van der Waals surface area contributed by atoms with Crippen LogP contribution in [-0.4, -0.2) is 43.6 Å². The third kappa shape index (κ3) is 6.26. The monoisotopic (exact) mass is 536 g/mol. The van der Waals surface area contributed by atoms with E-state index in [9.17, 15) is 18.8 Å². The van der Waals surface area contributed by atoms with Gasteiger partial charge in [-0.3, -0.25) is 14.5 Å². The quantitative estimate of drug-likeness (QED) is 0.288. The molecule has 11 heteroatoms. The molecule has 0 saturated carbocycles. The maximum atomic E-state index is 13.8. The van der Waals surface area contributed by atoms with Crippen molar-refractivity contribution in [3.8, 4) is 11.3 Å². The summed E-state index contributed by atoms with van der Waals surface area (Å²) in [6, 6.07) is 15.3. The fourth-order valence-corrected chi connectivity index (χ4v) is 4.90. The summed E-state index contributed by atoms with van der Waals surface area (Å²) in [6.45, 7) is 0.305. The number of thiocarbonyl (C=S) groups is 1. The number of carboxylic acid groups (broad SMARTS) is 1. The molecular formula is C26H21FN4O4S2. The lowest BCUT2D eigenvalue weighted by Gasteiger charge is -2.14. The van der Waals surface area contributed by atoms with E-state index in [2.05, 4.69) is 10.3 Å². The van der Waals surface area contributed by atoms with Crippen LogP contribution in [0.5, 0.6) is 0 Å². The van der Waals surface area contributed by atoms with Crippen LogP contribution in [0.25, 0.3) is 17.3 Å². The zero-order chi connectivity index (χ0) is 26.5. The van der Waals surface area contributed by atoms with Gasteiger partial charge in [0.2, 0.25) is 5.91 Å². The van der Waals surface area contributed by atoms with Crippen molar-refractivity contribution in [2.45, 2.75) is 13.0 Å². The molecule has 188 valence electrons. The minimum atomic E-state index is -1.06. The standard InChI is InChI=1S/C26H21FN4O4S2/c27-17-7-4-16(14-28)20(12-17)21-3-1-2-19(29-21)13-22-24(33)31(26(36)37-22)11-10-23(32)30-18-8-5-15(6-9-18)25(34)35/h1-9,12-13H,10-11,14,28H2,(H,30,32)(H,34,35). The summed E-state index contributed by atoms with van der Waals surface area (Å²) in [4.78, 5) is 42.5. The molecule has 1 aliphatic rings. The SMILES string of the molecule is NCc1ccc(F)cc1-c1cccc(C=C2SC(=S)N(CCC(=O)Nc3ccc(C(=O)O)cc3)C2=O)n1. The number of aromatic nitrogens is 1. The highest BCUT2D eigenvalue weighted by Gasteiger charge is 2.32. The first-order valence-electron chi connectivity index (χ1n) is 11.1. The predicted octanol–water partition coefficient (Wildman–Crippen LogP) is 4.27. The number of hydrogen-bond donors (Lipinski definition) is 3. The van der Waals surface area contributed by atoms with Gasteiger partial charge in [0.05, 0.1) is 21.9 Å². The van der Waals surface area contributed by atoms with E-state index >= 15 is 0 Å². The summed E-state index contributed by atoms with van der Waals surface area (Å²) in [5.74, 6) is -2.14. The van der Waals surface area contributed by atoms with Crippen molar-refractivity contribution in [3.63, 3.8) is 0 Å². The molecule has 2 amide bonds. The number of carbonyl (C=O) groups is 3. The third-order valence-electron chi connectivity index (χ3n) is 5.47. The van der Waals surface area contributed by atoms with Crippen LogP contribution in [0.4, 0.5) is 10.1 Å². The van der Waals surface area contributed by atoms with Crippen LogP contribution in [0.3, 0.4) is 0 Å². The summed E-state index contributed by atoms with van der Waals surface area (Å²) in [6.07, 6.45) is 1.60. The van der Waals surface area contributed by atoms with Crippen molar-refractivity contribution in [3.05, 3.63) is 88.2 Å². The Morgan fingerprint density at radius 3 is 2.62 bits per heavy atom. The molecule has 1 fully saturated rings. The van der Waals surface area contributed by atoms with Gasteiger partial charge in [-0.05, 0) is 60.2 Å². The van der Waals surface area contributed by atoms with E-state index in [1.165, 1.54) is 41.3 Å². The second-order valence-electron chi connectivity index (χ2n) is 7.97. The number of thioether (sulfide) groups is 1. The van der Waals surface area contributed by atoms with Crippen molar-refractivity contribution < 1.29 is 23.9 Å². The molecule has 2 heterocycles. The lowest BCUT2D eigenvalue weighted by Crippen LogP contribution is -2.31. The highest BCUT2D eigenvalue weighted by Crippen LogP contribution is 2.33. The van der Waals surface area contributed by atoms with E-state index in [1.54, 1.807) is 30.3 Å². The zero-order valence-electron chi connectivity index (χ0n) is 19.3.